The van der Waals surface area contributed by atoms with Crippen LogP contribution in [0.5, 0.6) is 0 Å². The molecular formula is C11H17N3S. The molecule has 0 spiro atoms. The van der Waals surface area contributed by atoms with E-state index in [4.69, 9.17) is 5.73 Å². The van der Waals surface area contributed by atoms with E-state index in [9.17, 15) is 0 Å². The van der Waals surface area contributed by atoms with Gasteiger partial charge in [-0.25, -0.2) is 9.97 Å². The van der Waals surface area contributed by atoms with Crippen LogP contribution in [0.25, 0.3) is 0 Å². The predicted molar refractivity (Wildman–Crippen MR) is 63.9 cm³/mol. The third kappa shape index (κ3) is 3.09. The predicted octanol–water partition coefficient (Wildman–Crippen LogP) is 2.79. The molecule has 0 amide bonds. The number of anilines is 1. The summed E-state index contributed by atoms with van der Waals surface area (Å²) in [6.07, 6.45) is 6.73. The molecular weight excluding hydrogens is 206 g/mol. The largest absolute Gasteiger partial charge is 0.368 e. The van der Waals surface area contributed by atoms with Crippen molar-refractivity contribution in [1.82, 2.24) is 9.97 Å². The lowest BCUT2D eigenvalue weighted by Crippen LogP contribution is -2.08. The summed E-state index contributed by atoms with van der Waals surface area (Å²) in [5.41, 5.74) is 6.59. The van der Waals surface area contributed by atoms with Gasteiger partial charge in [-0.15, -0.1) is 11.8 Å². The van der Waals surface area contributed by atoms with Gasteiger partial charge in [-0.3, -0.25) is 0 Å². The van der Waals surface area contributed by atoms with Gasteiger partial charge in [-0.2, -0.15) is 0 Å². The lowest BCUT2D eigenvalue weighted by molar-refractivity contribution is 0.515. The summed E-state index contributed by atoms with van der Waals surface area (Å²) in [5, 5.41) is 1.76. The van der Waals surface area contributed by atoms with E-state index in [2.05, 4.69) is 9.97 Å². The second-order valence-electron chi connectivity index (χ2n) is 4.08. The normalized spacial score (nSPS) is 17.9. The van der Waals surface area contributed by atoms with Crippen molar-refractivity contribution in [3.63, 3.8) is 0 Å². The van der Waals surface area contributed by atoms with Crippen LogP contribution in [0.3, 0.4) is 0 Å². The molecule has 1 aliphatic carbocycles. The summed E-state index contributed by atoms with van der Waals surface area (Å²) >= 11 is 1.86. The van der Waals surface area contributed by atoms with Gasteiger partial charge < -0.3 is 5.73 Å². The lowest BCUT2D eigenvalue weighted by atomic mass is 10.0. The molecule has 15 heavy (non-hydrogen) atoms. The minimum absolute atomic E-state index is 0.397. The fraction of sp³-hybridized carbons (Fsp3) is 0.636. The zero-order valence-corrected chi connectivity index (χ0v) is 9.89. The SMILES string of the molecule is Cc1cc(SC2CCCCC2)nc(N)n1. The maximum atomic E-state index is 5.63. The van der Waals surface area contributed by atoms with Crippen LogP contribution in [0.1, 0.15) is 37.8 Å². The minimum atomic E-state index is 0.397. The number of nitrogen functional groups attached to an aromatic ring is 1. The number of rotatable bonds is 2. The first kappa shape index (κ1) is 10.7. The first-order chi connectivity index (χ1) is 7.24. The summed E-state index contributed by atoms with van der Waals surface area (Å²) in [5.74, 6) is 0.397. The van der Waals surface area contributed by atoms with Crippen molar-refractivity contribution in [2.24, 2.45) is 0 Å². The average Bonchev–Trinajstić information content (AvgIpc) is 2.17. The van der Waals surface area contributed by atoms with Gasteiger partial charge >= 0.3 is 0 Å². The number of thioether (sulfide) groups is 1. The van der Waals surface area contributed by atoms with Crippen LogP contribution in [0.2, 0.25) is 0 Å². The van der Waals surface area contributed by atoms with E-state index < -0.39 is 0 Å². The van der Waals surface area contributed by atoms with Crippen LogP contribution >= 0.6 is 11.8 Å². The van der Waals surface area contributed by atoms with E-state index in [1.165, 1.54) is 32.1 Å². The fourth-order valence-corrected chi connectivity index (χ4v) is 3.27. The van der Waals surface area contributed by atoms with Crippen LogP contribution in [-0.2, 0) is 0 Å². The molecule has 1 heterocycles. The average molecular weight is 223 g/mol. The highest BCUT2D eigenvalue weighted by molar-refractivity contribution is 7.99. The van der Waals surface area contributed by atoms with Crippen molar-refractivity contribution in [2.45, 2.75) is 49.3 Å². The Labute approximate surface area is 94.9 Å². The molecule has 2 N–H and O–H groups in total. The van der Waals surface area contributed by atoms with E-state index in [0.29, 0.717) is 5.95 Å². The van der Waals surface area contributed by atoms with E-state index >= 15 is 0 Å². The highest BCUT2D eigenvalue weighted by Crippen LogP contribution is 2.32. The lowest BCUT2D eigenvalue weighted by Gasteiger charge is -2.20. The maximum Gasteiger partial charge on any atom is 0.221 e. The number of hydrogen-bond acceptors (Lipinski definition) is 4. The molecule has 0 atom stereocenters. The highest BCUT2D eigenvalue weighted by atomic mass is 32.2. The van der Waals surface area contributed by atoms with E-state index in [1.54, 1.807) is 0 Å². The first-order valence-corrected chi connectivity index (χ1v) is 6.40. The molecule has 1 saturated carbocycles. The second-order valence-corrected chi connectivity index (χ2v) is 5.40. The van der Waals surface area contributed by atoms with Crippen LogP contribution in [-0.4, -0.2) is 15.2 Å². The van der Waals surface area contributed by atoms with Crippen molar-refractivity contribution in [3.05, 3.63) is 11.8 Å². The molecule has 82 valence electrons. The van der Waals surface area contributed by atoms with E-state index in [1.807, 2.05) is 24.8 Å². The summed E-state index contributed by atoms with van der Waals surface area (Å²) in [6, 6.07) is 2.02. The number of aromatic nitrogens is 2. The van der Waals surface area contributed by atoms with Crippen LogP contribution in [0.15, 0.2) is 11.1 Å². The van der Waals surface area contributed by atoms with E-state index in [-0.39, 0.29) is 0 Å². The Bertz CT molecular complexity index is 314. The van der Waals surface area contributed by atoms with Gasteiger partial charge in [0.25, 0.3) is 0 Å². The van der Waals surface area contributed by atoms with Crippen molar-refractivity contribution in [3.8, 4) is 0 Å². The summed E-state index contributed by atoms with van der Waals surface area (Å²) in [7, 11) is 0. The Hall–Kier alpha value is -0.770. The summed E-state index contributed by atoms with van der Waals surface area (Å²) in [6.45, 7) is 1.96. The van der Waals surface area contributed by atoms with Gasteiger partial charge in [0.15, 0.2) is 0 Å². The van der Waals surface area contributed by atoms with E-state index in [0.717, 1.165) is 16.0 Å². The Morgan fingerprint density at radius 2 is 2.00 bits per heavy atom. The number of hydrogen-bond donors (Lipinski definition) is 1. The molecule has 0 bridgehead atoms. The van der Waals surface area contributed by atoms with Crippen LogP contribution in [0.4, 0.5) is 5.95 Å². The zero-order chi connectivity index (χ0) is 10.7. The second kappa shape index (κ2) is 4.84. The third-order valence-electron chi connectivity index (χ3n) is 2.69. The molecule has 0 saturated heterocycles. The molecule has 0 radical (unpaired) electrons. The maximum absolute atomic E-state index is 5.63. The molecule has 1 aliphatic rings. The van der Waals surface area contributed by atoms with Gasteiger partial charge in [0.2, 0.25) is 5.95 Å². The number of aryl methyl sites for hydroxylation is 1. The topological polar surface area (TPSA) is 51.8 Å². The fourth-order valence-electron chi connectivity index (χ4n) is 1.98. The summed E-state index contributed by atoms with van der Waals surface area (Å²) in [4.78, 5) is 8.34. The molecule has 2 rings (SSSR count). The van der Waals surface area contributed by atoms with Crippen molar-refractivity contribution in [2.75, 3.05) is 5.73 Å². The standard InChI is InChI=1S/C11H17N3S/c1-8-7-10(14-11(12)13-8)15-9-5-3-2-4-6-9/h7,9H,2-6H2,1H3,(H2,12,13,14). The molecule has 1 fully saturated rings. The van der Waals surface area contributed by atoms with Crippen LogP contribution in [0, 0.1) is 6.92 Å². The highest BCUT2D eigenvalue weighted by Gasteiger charge is 2.15. The van der Waals surface area contributed by atoms with Gasteiger partial charge in [-0.1, -0.05) is 19.3 Å². The van der Waals surface area contributed by atoms with Crippen molar-refractivity contribution in [1.29, 1.82) is 0 Å². The van der Waals surface area contributed by atoms with Gasteiger partial charge in [-0.05, 0) is 25.8 Å². The quantitative estimate of drug-likeness (QED) is 0.783. The third-order valence-corrected chi connectivity index (χ3v) is 3.94. The molecule has 3 nitrogen and oxygen atoms in total. The molecule has 0 unspecified atom stereocenters. The van der Waals surface area contributed by atoms with Gasteiger partial charge in [0.05, 0.1) is 0 Å². The smallest absolute Gasteiger partial charge is 0.221 e. The Balaban J connectivity index is 2.02. The summed E-state index contributed by atoms with van der Waals surface area (Å²) < 4.78 is 0. The van der Waals surface area contributed by atoms with Crippen LogP contribution < -0.4 is 5.73 Å². The minimum Gasteiger partial charge on any atom is -0.368 e. The van der Waals surface area contributed by atoms with Gasteiger partial charge in [0, 0.05) is 10.9 Å². The van der Waals surface area contributed by atoms with Crippen molar-refractivity contribution >= 4 is 17.7 Å². The molecule has 4 heteroatoms. The number of nitrogens with two attached hydrogens (primary N) is 1. The molecule has 1 aromatic rings. The number of nitrogens with zero attached hydrogens (tertiary/aromatic N) is 2. The Morgan fingerprint density at radius 1 is 1.27 bits per heavy atom. The molecule has 1 aromatic heterocycles. The first-order valence-electron chi connectivity index (χ1n) is 5.52. The monoisotopic (exact) mass is 223 g/mol. The Morgan fingerprint density at radius 3 is 2.67 bits per heavy atom. The molecule has 0 aliphatic heterocycles. The zero-order valence-electron chi connectivity index (χ0n) is 9.07. The van der Waals surface area contributed by atoms with Gasteiger partial charge in [0.1, 0.15) is 5.03 Å². The molecule has 0 aromatic carbocycles. The Kier molecular flexibility index (Phi) is 3.46. The van der Waals surface area contributed by atoms with Crippen molar-refractivity contribution < 1.29 is 0 Å².